The van der Waals surface area contributed by atoms with Crippen LogP contribution in [0.3, 0.4) is 0 Å². The van der Waals surface area contributed by atoms with E-state index in [1.165, 1.54) is 11.5 Å². The molecule has 0 unspecified atom stereocenters. The molecule has 19 heavy (non-hydrogen) atoms. The zero-order chi connectivity index (χ0) is 13.2. The molecule has 0 aliphatic rings. The molecule has 3 aromatic rings. The van der Waals surface area contributed by atoms with Gasteiger partial charge in [0.2, 0.25) is 0 Å². The summed E-state index contributed by atoms with van der Waals surface area (Å²) in [5.41, 5.74) is 4.23. The van der Waals surface area contributed by atoms with Crippen molar-refractivity contribution in [3.8, 4) is 0 Å². The largest absolute Gasteiger partial charge is 0.381 e. The van der Waals surface area contributed by atoms with Crippen LogP contribution in [0.15, 0.2) is 48.7 Å². The lowest BCUT2D eigenvalue weighted by molar-refractivity contribution is 0.625. The Bertz CT molecular complexity index is 716. The number of aromatic amines is 1. The first-order valence-electron chi connectivity index (χ1n) is 6.28. The van der Waals surface area contributed by atoms with E-state index < -0.39 is 0 Å². The van der Waals surface area contributed by atoms with Gasteiger partial charge in [0.05, 0.1) is 0 Å². The van der Waals surface area contributed by atoms with Gasteiger partial charge < -0.3 is 10.3 Å². The Hall–Kier alpha value is -2.29. The van der Waals surface area contributed by atoms with Gasteiger partial charge in [0, 0.05) is 29.3 Å². The van der Waals surface area contributed by atoms with Crippen molar-refractivity contribution in [3.05, 3.63) is 65.6 Å². The molecule has 0 fully saturated rings. The van der Waals surface area contributed by atoms with Gasteiger partial charge in [-0.3, -0.25) is 0 Å². The second kappa shape index (κ2) is 4.76. The van der Waals surface area contributed by atoms with Crippen LogP contribution in [0.5, 0.6) is 0 Å². The molecular weight excluding hydrogens is 239 g/mol. The number of hydrogen-bond donors (Lipinski definition) is 2. The number of nitrogens with one attached hydrogen (secondary N) is 2. The van der Waals surface area contributed by atoms with E-state index in [0.29, 0.717) is 6.54 Å². The first-order chi connectivity index (χ1) is 9.22. The average molecular weight is 254 g/mol. The van der Waals surface area contributed by atoms with Gasteiger partial charge in [-0.25, -0.2) is 4.39 Å². The number of aromatic nitrogens is 1. The highest BCUT2D eigenvalue weighted by atomic mass is 19.1. The summed E-state index contributed by atoms with van der Waals surface area (Å²) < 4.78 is 13.2. The van der Waals surface area contributed by atoms with Crippen LogP contribution in [0.4, 0.5) is 10.1 Å². The maximum atomic E-state index is 13.2. The van der Waals surface area contributed by atoms with Crippen molar-refractivity contribution in [1.29, 1.82) is 0 Å². The van der Waals surface area contributed by atoms with Crippen molar-refractivity contribution in [2.45, 2.75) is 13.5 Å². The van der Waals surface area contributed by atoms with Crippen LogP contribution in [-0.2, 0) is 6.54 Å². The Morgan fingerprint density at radius 3 is 2.89 bits per heavy atom. The van der Waals surface area contributed by atoms with Crippen molar-refractivity contribution in [3.63, 3.8) is 0 Å². The normalized spacial score (nSPS) is 10.8. The molecule has 0 radical (unpaired) electrons. The van der Waals surface area contributed by atoms with Crippen LogP contribution in [0.25, 0.3) is 10.9 Å². The summed E-state index contributed by atoms with van der Waals surface area (Å²) in [6, 6.07) is 13.1. The van der Waals surface area contributed by atoms with Crippen LogP contribution in [0.1, 0.15) is 11.1 Å². The SMILES string of the molecule is Cc1ccc(F)cc1CNc1ccc2[nH]ccc2c1. The van der Waals surface area contributed by atoms with Gasteiger partial charge in [0.15, 0.2) is 0 Å². The predicted octanol–water partition coefficient (Wildman–Crippen LogP) is 4.23. The number of aryl methyl sites for hydroxylation is 1. The summed E-state index contributed by atoms with van der Waals surface area (Å²) in [6.07, 6.45) is 1.92. The van der Waals surface area contributed by atoms with E-state index in [1.807, 2.05) is 37.4 Å². The maximum Gasteiger partial charge on any atom is 0.123 e. The van der Waals surface area contributed by atoms with E-state index in [9.17, 15) is 4.39 Å². The molecule has 3 heteroatoms. The molecular formula is C16H15FN2. The lowest BCUT2D eigenvalue weighted by atomic mass is 10.1. The standard InChI is InChI=1S/C16H15FN2/c1-11-2-3-14(17)8-13(11)10-19-15-4-5-16-12(9-15)6-7-18-16/h2-9,18-19H,10H2,1H3. The van der Waals surface area contributed by atoms with Crippen molar-refractivity contribution < 1.29 is 4.39 Å². The molecule has 0 bridgehead atoms. The molecule has 2 nitrogen and oxygen atoms in total. The highest BCUT2D eigenvalue weighted by Gasteiger charge is 2.01. The number of fused-ring (bicyclic) bond motifs is 1. The second-order valence-electron chi connectivity index (χ2n) is 4.70. The fourth-order valence-electron chi connectivity index (χ4n) is 2.19. The molecule has 2 aromatic carbocycles. The molecule has 0 aliphatic carbocycles. The van der Waals surface area contributed by atoms with Crippen LogP contribution in [-0.4, -0.2) is 4.98 Å². The molecule has 96 valence electrons. The average Bonchev–Trinajstić information content (AvgIpc) is 2.87. The van der Waals surface area contributed by atoms with Crippen molar-refractivity contribution in [1.82, 2.24) is 4.98 Å². The fraction of sp³-hybridized carbons (Fsp3) is 0.125. The summed E-state index contributed by atoms with van der Waals surface area (Å²) in [7, 11) is 0. The number of benzene rings is 2. The third kappa shape index (κ3) is 2.45. The Morgan fingerprint density at radius 1 is 1.11 bits per heavy atom. The van der Waals surface area contributed by atoms with Gasteiger partial charge >= 0.3 is 0 Å². The zero-order valence-corrected chi connectivity index (χ0v) is 10.7. The molecule has 0 saturated heterocycles. The highest BCUT2D eigenvalue weighted by molar-refractivity contribution is 5.82. The first kappa shape index (κ1) is 11.8. The molecule has 2 N–H and O–H groups in total. The lowest BCUT2D eigenvalue weighted by Gasteiger charge is -2.09. The Balaban J connectivity index is 1.79. The molecule has 0 aliphatic heterocycles. The molecule has 1 aromatic heterocycles. The Kier molecular flexibility index (Phi) is 2.95. The molecule has 3 rings (SSSR count). The minimum absolute atomic E-state index is 0.191. The summed E-state index contributed by atoms with van der Waals surface area (Å²) in [4.78, 5) is 3.16. The maximum absolute atomic E-state index is 13.2. The van der Waals surface area contributed by atoms with Crippen LogP contribution in [0, 0.1) is 12.7 Å². The van der Waals surface area contributed by atoms with E-state index in [1.54, 1.807) is 6.07 Å². The summed E-state index contributed by atoms with van der Waals surface area (Å²) in [5.74, 6) is -0.191. The summed E-state index contributed by atoms with van der Waals surface area (Å²) in [6.45, 7) is 2.62. The molecule has 0 spiro atoms. The van der Waals surface area contributed by atoms with E-state index >= 15 is 0 Å². The van der Waals surface area contributed by atoms with Gasteiger partial charge in [-0.15, -0.1) is 0 Å². The van der Waals surface area contributed by atoms with E-state index in [2.05, 4.69) is 16.4 Å². The Morgan fingerprint density at radius 2 is 2.00 bits per heavy atom. The fourth-order valence-corrected chi connectivity index (χ4v) is 2.19. The first-order valence-corrected chi connectivity index (χ1v) is 6.28. The quantitative estimate of drug-likeness (QED) is 0.719. The Labute approximate surface area is 111 Å². The number of hydrogen-bond acceptors (Lipinski definition) is 1. The zero-order valence-electron chi connectivity index (χ0n) is 10.7. The molecule has 0 amide bonds. The third-order valence-corrected chi connectivity index (χ3v) is 3.35. The smallest absolute Gasteiger partial charge is 0.123 e. The summed E-state index contributed by atoms with van der Waals surface area (Å²) >= 11 is 0. The summed E-state index contributed by atoms with van der Waals surface area (Å²) in [5, 5.41) is 4.50. The van der Waals surface area contributed by atoms with Crippen molar-refractivity contribution >= 4 is 16.6 Å². The number of halogens is 1. The molecule has 1 heterocycles. The van der Waals surface area contributed by atoms with E-state index in [-0.39, 0.29) is 5.82 Å². The highest BCUT2D eigenvalue weighted by Crippen LogP contribution is 2.19. The molecule has 0 saturated carbocycles. The predicted molar refractivity (Wildman–Crippen MR) is 76.8 cm³/mol. The lowest BCUT2D eigenvalue weighted by Crippen LogP contribution is -2.01. The van der Waals surface area contributed by atoms with Gasteiger partial charge in [-0.1, -0.05) is 6.07 Å². The van der Waals surface area contributed by atoms with E-state index in [4.69, 9.17) is 0 Å². The van der Waals surface area contributed by atoms with E-state index in [0.717, 1.165) is 22.3 Å². The minimum atomic E-state index is -0.191. The second-order valence-corrected chi connectivity index (χ2v) is 4.70. The number of rotatable bonds is 3. The van der Waals surface area contributed by atoms with Crippen molar-refractivity contribution in [2.24, 2.45) is 0 Å². The van der Waals surface area contributed by atoms with Gasteiger partial charge in [0.25, 0.3) is 0 Å². The van der Waals surface area contributed by atoms with Crippen molar-refractivity contribution in [2.75, 3.05) is 5.32 Å². The van der Waals surface area contributed by atoms with Crippen LogP contribution in [0.2, 0.25) is 0 Å². The topological polar surface area (TPSA) is 27.8 Å². The molecule has 0 atom stereocenters. The number of H-pyrrole nitrogens is 1. The number of anilines is 1. The minimum Gasteiger partial charge on any atom is -0.381 e. The van der Waals surface area contributed by atoms with Gasteiger partial charge in [-0.2, -0.15) is 0 Å². The van der Waals surface area contributed by atoms with Gasteiger partial charge in [0.1, 0.15) is 5.82 Å². The monoisotopic (exact) mass is 254 g/mol. The van der Waals surface area contributed by atoms with Crippen LogP contribution < -0.4 is 5.32 Å². The van der Waals surface area contributed by atoms with Gasteiger partial charge in [-0.05, 0) is 54.4 Å². The van der Waals surface area contributed by atoms with Crippen LogP contribution >= 0.6 is 0 Å². The third-order valence-electron chi connectivity index (χ3n) is 3.35.